The van der Waals surface area contributed by atoms with Gasteiger partial charge in [-0.15, -0.1) is 0 Å². The number of carbonyl (C=O) groups is 1. The zero-order chi connectivity index (χ0) is 14.0. The number of amides is 1. The minimum Gasteiger partial charge on any atom is -0.305 e. The van der Waals surface area contributed by atoms with Gasteiger partial charge in [-0.05, 0) is 12.1 Å². The van der Waals surface area contributed by atoms with Gasteiger partial charge in [0.1, 0.15) is 16.8 Å². The Morgan fingerprint density at radius 1 is 1.16 bits per heavy atom. The fourth-order valence-electron chi connectivity index (χ4n) is 1.28. The molecular weight excluding hydrogens is 299 g/mol. The van der Waals surface area contributed by atoms with Crippen molar-refractivity contribution >= 4 is 34.9 Å². The van der Waals surface area contributed by atoms with Crippen molar-refractivity contribution in [2.24, 2.45) is 0 Å². The molecule has 4 nitrogen and oxygen atoms in total. The molecule has 0 aliphatic heterocycles. The first kappa shape index (κ1) is 13.6. The standard InChI is InChI=1S/C11H5Cl2F2N3O/c12-6-2-7(14)5(1-8(6)15)11(19)18-10-4-16-3-9(13)17-10/h1-4H,(H,17,18,19). The summed E-state index contributed by atoms with van der Waals surface area (Å²) < 4.78 is 26.7. The molecule has 1 heterocycles. The van der Waals surface area contributed by atoms with Crippen LogP contribution in [0.25, 0.3) is 0 Å². The summed E-state index contributed by atoms with van der Waals surface area (Å²) in [6.45, 7) is 0. The maximum Gasteiger partial charge on any atom is 0.259 e. The molecule has 1 aromatic heterocycles. The molecule has 0 atom stereocenters. The molecule has 1 aromatic carbocycles. The maximum absolute atomic E-state index is 13.5. The molecule has 2 rings (SSSR count). The van der Waals surface area contributed by atoms with E-state index < -0.39 is 28.1 Å². The summed E-state index contributed by atoms with van der Waals surface area (Å²) >= 11 is 11.0. The van der Waals surface area contributed by atoms with Gasteiger partial charge in [-0.2, -0.15) is 0 Å². The van der Waals surface area contributed by atoms with Crippen LogP contribution in [0, 0.1) is 11.6 Å². The largest absolute Gasteiger partial charge is 0.305 e. The van der Waals surface area contributed by atoms with Crippen molar-refractivity contribution in [2.45, 2.75) is 0 Å². The van der Waals surface area contributed by atoms with E-state index in [9.17, 15) is 13.6 Å². The van der Waals surface area contributed by atoms with E-state index in [1.165, 1.54) is 12.4 Å². The van der Waals surface area contributed by atoms with Crippen LogP contribution >= 0.6 is 23.2 Å². The molecule has 19 heavy (non-hydrogen) atoms. The summed E-state index contributed by atoms with van der Waals surface area (Å²) in [6, 6.07) is 1.42. The number of nitrogens with one attached hydrogen (secondary N) is 1. The molecule has 0 spiro atoms. The monoisotopic (exact) mass is 303 g/mol. The van der Waals surface area contributed by atoms with Gasteiger partial charge in [0.25, 0.3) is 5.91 Å². The van der Waals surface area contributed by atoms with E-state index >= 15 is 0 Å². The highest BCUT2D eigenvalue weighted by Crippen LogP contribution is 2.20. The molecule has 0 aliphatic rings. The van der Waals surface area contributed by atoms with Crippen molar-refractivity contribution in [2.75, 3.05) is 5.32 Å². The highest BCUT2D eigenvalue weighted by atomic mass is 35.5. The molecule has 1 N–H and O–H groups in total. The highest BCUT2D eigenvalue weighted by Gasteiger charge is 2.16. The Morgan fingerprint density at radius 3 is 2.58 bits per heavy atom. The first-order valence-corrected chi connectivity index (χ1v) is 5.66. The number of nitrogens with zero attached hydrogens (tertiary/aromatic N) is 2. The SMILES string of the molecule is O=C(Nc1cncc(Cl)n1)c1cc(F)c(Cl)cc1F. The smallest absolute Gasteiger partial charge is 0.259 e. The zero-order valence-electron chi connectivity index (χ0n) is 9.12. The highest BCUT2D eigenvalue weighted by molar-refractivity contribution is 6.31. The van der Waals surface area contributed by atoms with Crippen molar-refractivity contribution < 1.29 is 13.6 Å². The van der Waals surface area contributed by atoms with E-state index in [1.54, 1.807) is 0 Å². The molecule has 2 aromatic rings. The Labute approximate surface area is 116 Å². The van der Waals surface area contributed by atoms with Gasteiger partial charge in [0.15, 0.2) is 5.82 Å². The van der Waals surface area contributed by atoms with E-state index in [2.05, 4.69) is 15.3 Å². The molecule has 0 bridgehead atoms. The minimum atomic E-state index is -0.945. The quantitative estimate of drug-likeness (QED) is 0.866. The van der Waals surface area contributed by atoms with Crippen LogP contribution in [0.15, 0.2) is 24.5 Å². The number of carbonyl (C=O) groups excluding carboxylic acids is 1. The fraction of sp³-hybridized carbons (Fsp3) is 0. The van der Waals surface area contributed by atoms with Gasteiger partial charge in [-0.3, -0.25) is 9.78 Å². The lowest BCUT2D eigenvalue weighted by Crippen LogP contribution is -2.15. The number of rotatable bonds is 2. The first-order valence-electron chi connectivity index (χ1n) is 4.91. The van der Waals surface area contributed by atoms with E-state index in [0.29, 0.717) is 6.07 Å². The predicted molar refractivity (Wildman–Crippen MR) is 66.4 cm³/mol. The van der Waals surface area contributed by atoms with Gasteiger partial charge < -0.3 is 5.32 Å². The molecule has 0 unspecified atom stereocenters. The van der Waals surface area contributed by atoms with Crippen LogP contribution in [0.4, 0.5) is 14.6 Å². The van der Waals surface area contributed by atoms with Gasteiger partial charge in [-0.1, -0.05) is 23.2 Å². The van der Waals surface area contributed by atoms with Crippen molar-refractivity contribution in [3.05, 3.63) is 51.9 Å². The zero-order valence-corrected chi connectivity index (χ0v) is 10.6. The van der Waals surface area contributed by atoms with Crippen molar-refractivity contribution in [1.82, 2.24) is 9.97 Å². The van der Waals surface area contributed by atoms with Gasteiger partial charge in [0, 0.05) is 0 Å². The van der Waals surface area contributed by atoms with Crippen LogP contribution in [-0.4, -0.2) is 15.9 Å². The number of anilines is 1. The molecule has 1 amide bonds. The van der Waals surface area contributed by atoms with Crippen LogP contribution < -0.4 is 5.32 Å². The summed E-state index contributed by atoms with van der Waals surface area (Å²) in [5.74, 6) is -2.71. The third kappa shape index (κ3) is 3.15. The fourth-order valence-corrected chi connectivity index (χ4v) is 1.58. The third-order valence-electron chi connectivity index (χ3n) is 2.10. The summed E-state index contributed by atoms with van der Waals surface area (Å²) in [4.78, 5) is 19.2. The number of benzene rings is 1. The van der Waals surface area contributed by atoms with Crippen LogP contribution in [0.1, 0.15) is 10.4 Å². The Balaban J connectivity index is 2.28. The van der Waals surface area contributed by atoms with Gasteiger partial charge in [0.05, 0.1) is 23.0 Å². The molecule has 0 fully saturated rings. The summed E-state index contributed by atoms with van der Waals surface area (Å²) in [6.07, 6.45) is 2.48. The second kappa shape index (κ2) is 5.46. The molecule has 0 saturated heterocycles. The van der Waals surface area contributed by atoms with Crippen LogP contribution in [0.2, 0.25) is 10.2 Å². The van der Waals surface area contributed by atoms with Crippen LogP contribution in [-0.2, 0) is 0 Å². The van der Waals surface area contributed by atoms with Crippen LogP contribution in [0.5, 0.6) is 0 Å². The number of hydrogen-bond donors (Lipinski definition) is 1. The Hall–Kier alpha value is -1.79. The van der Waals surface area contributed by atoms with E-state index in [1.807, 2.05) is 0 Å². The average molecular weight is 304 g/mol. The lowest BCUT2D eigenvalue weighted by Gasteiger charge is -2.06. The molecule has 98 valence electrons. The van der Waals surface area contributed by atoms with Gasteiger partial charge >= 0.3 is 0 Å². The molecule has 8 heteroatoms. The topological polar surface area (TPSA) is 54.9 Å². The predicted octanol–water partition coefficient (Wildman–Crippen LogP) is 3.31. The second-order valence-corrected chi connectivity index (χ2v) is 4.22. The first-order chi connectivity index (χ1) is 8.97. The van der Waals surface area contributed by atoms with Crippen molar-refractivity contribution in [3.63, 3.8) is 0 Å². The molecule has 0 saturated carbocycles. The van der Waals surface area contributed by atoms with E-state index in [4.69, 9.17) is 23.2 Å². The summed E-state index contributed by atoms with van der Waals surface area (Å²) in [7, 11) is 0. The van der Waals surface area contributed by atoms with E-state index in [0.717, 1.165) is 6.07 Å². The average Bonchev–Trinajstić information content (AvgIpc) is 2.33. The Bertz CT molecular complexity index is 652. The third-order valence-corrected chi connectivity index (χ3v) is 2.57. The number of hydrogen-bond acceptors (Lipinski definition) is 3. The van der Waals surface area contributed by atoms with Crippen molar-refractivity contribution in [3.8, 4) is 0 Å². The second-order valence-electron chi connectivity index (χ2n) is 3.43. The van der Waals surface area contributed by atoms with Crippen LogP contribution in [0.3, 0.4) is 0 Å². The number of aromatic nitrogens is 2. The molecule has 0 aliphatic carbocycles. The maximum atomic E-state index is 13.5. The number of halogens is 4. The van der Waals surface area contributed by atoms with Gasteiger partial charge in [0.2, 0.25) is 0 Å². The summed E-state index contributed by atoms with van der Waals surface area (Å²) in [5.41, 5.74) is -0.497. The minimum absolute atomic E-state index is 0.0206. The van der Waals surface area contributed by atoms with Gasteiger partial charge in [-0.25, -0.2) is 13.8 Å². The summed E-state index contributed by atoms with van der Waals surface area (Å²) in [5, 5.41) is 1.89. The lowest BCUT2D eigenvalue weighted by atomic mass is 10.2. The molecular formula is C11H5Cl2F2N3O. The van der Waals surface area contributed by atoms with E-state index in [-0.39, 0.29) is 11.0 Å². The normalized spacial score (nSPS) is 10.3. The van der Waals surface area contributed by atoms with Crippen molar-refractivity contribution in [1.29, 1.82) is 0 Å². The Kier molecular flexibility index (Phi) is 3.92. The molecule has 0 radical (unpaired) electrons. The lowest BCUT2D eigenvalue weighted by molar-refractivity contribution is 0.102. The Morgan fingerprint density at radius 2 is 1.89 bits per heavy atom.